The summed E-state index contributed by atoms with van der Waals surface area (Å²) in [6.07, 6.45) is 3.68. The van der Waals surface area contributed by atoms with Crippen molar-refractivity contribution < 1.29 is 14.1 Å². The highest BCUT2D eigenvalue weighted by atomic mass is 16.5. The molecule has 2 N–H and O–H groups in total. The minimum absolute atomic E-state index is 0.334. The third-order valence-electron chi connectivity index (χ3n) is 3.65. The predicted octanol–water partition coefficient (Wildman–Crippen LogP) is 2.69. The van der Waals surface area contributed by atoms with Crippen LogP contribution in [0, 0.1) is 6.92 Å². The summed E-state index contributed by atoms with van der Waals surface area (Å²) in [6, 6.07) is 9.48. The summed E-state index contributed by atoms with van der Waals surface area (Å²) in [7, 11) is 1.65. The molecule has 0 saturated heterocycles. The number of nitrogens with zero attached hydrogens (tertiary/aromatic N) is 3. The third kappa shape index (κ3) is 4.35. The van der Waals surface area contributed by atoms with Crippen molar-refractivity contribution in [3.8, 4) is 5.75 Å². The van der Waals surface area contributed by atoms with Crippen LogP contribution in [0.1, 0.15) is 21.7 Å². The Hall–Kier alpha value is -3.42. The monoisotopic (exact) mass is 353 g/mol. The highest BCUT2D eigenvalue weighted by Crippen LogP contribution is 2.17. The fourth-order valence-electron chi connectivity index (χ4n) is 2.37. The van der Waals surface area contributed by atoms with E-state index in [4.69, 9.17) is 9.26 Å². The van der Waals surface area contributed by atoms with E-state index < -0.39 is 0 Å². The second-order valence-electron chi connectivity index (χ2n) is 5.56. The van der Waals surface area contributed by atoms with Gasteiger partial charge in [-0.25, -0.2) is 9.97 Å². The lowest BCUT2D eigenvalue weighted by atomic mass is 10.1. The van der Waals surface area contributed by atoms with Crippen LogP contribution in [0.5, 0.6) is 5.75 Å². The number of aryl methyl sites for hydroxylation is 1. The number of amides is 1. The first-order valence-electron chi connectivity index (χ1n) is 8.08. The summed E-state index contributed by atoms with van der Waals surface area (Å²) in [5.41, 5.74) is 1.43. The van der Waals surface area contributed by atoms with Crippen LogP contribution in [-0.2, 0) is 6.42 Å². The Balaban J connectivity index is 1.53. The number of nitrogens with one attached hydrogen (secondary N) is 2. The van der Waals surface area contributed by atoms with Crippen molar-refractivity contribution in [1.82, 2.24) is 15.1 Å². The first-order valence-corrected chi connectivity index (χ1v) is 8.08. The first-order chi connectivity index (χ1) is 12.7. The number of hydrogen-bond acceptors (Lipinski definition) is 7. The number of carbonyl (C=O) groups excluding carboxylic acids is 1. The van der Waals surface area contributed by atoms with Crippen LogP contribution >= 0.6 is 0 Å². The number of ether oxygens (including phenoxy) is 1. The molecule has 3 aromatic rings. The van der Waals surface area contributed by atoms with E-state index in [9.17, 15) is 4.79 Å². The van der Waals surface area contributed by atoms with Crippen LogP contribution in [-0.4, -0.2) is 34.7 Å². The fourth-order valence-corrected chi connectivity index (χ4v) is 2.37. The van der Waals surface area contributed by atoms with E-state index in [0.717, 1.165) is 17.7 Å². The summed E-state index contributed by atoms with van der Waals surface area (Å²) in [4.78, 5) is 20.4. The van der Waals surface area contributed by atoms with Gasteiger partial charge in [0.25, 0.3) is 5.91 Å². The van der Waals surface area contributed by atoms with Crippen molar-refractivity contribution in [3.05, 3.63) is 59.6 Å². The lowest BCUT2D eigenvalue weighted by molar-refractivity contribution is 0.102. The van der Waals surface area contributed by atoms with Crippen molar-refractivity contribution in [2.45, 2.75) is 13.3 Å². The molecule has 2 aromatic heterocycles. The maximum atomic E-state index is 12.1. The molecule has 134 valence electrons. The van der Waals surface area contributed by atoms with Gasteiger partial charge >= 0.3 is 0 Å². The molecule has 26 heavy (non-hydrogen) atoms. The smallest absolute Gasteiger partial charge is 0.260 e. The molecule has 8 heteroatoms. The number of rotatable bonds is 7. The highest BCUT2D eigenvalue weighted by Gasteiger charge is 2.10. The van der Waals surface area contributed by atoms with Crippen LogP contribution in [0.2, 0.25) is 0 Å². The Labute approximate surface area is 150 Å². The van der Waals surface area contributed by atoms with Gasteiger partial charge in [0, 0.05) is 25.0 Å². The molecule has 3 rings (SSSR count). The first kappa shape index (κ1) is 17.4. The summed E-state index contributed by atoms with van der Waals surface area (Å²) in [6.45, 7) is 2.39. The van der Waals surface area contributed by atoms with Gasteiger partial charge in [-0.15, -0.1) is 0 Å². The number of para-hydroxylation sites is 1. The molecular formula is C18H19N5O3. The van der Waals surface area contributed by atoms with Gasteiger partial charge < -0.3 is 19.9 Å². The van der Waals surface area contributed by atoms with Gasteiger partial charge in [-0.2, -0.15) is 0 Å². The minimum atomic E-state index is -0.348. The highest BCUT2D eigenvalue weighted by molar-refractivity contribution is 6.03. The number of anilines is 2. The zero-order valence-corrected chi connectivity index (χ0v) is 14.5. The Morgan fingerprint density at radius 3 is 2.69 bits per heavy atom. The summed E-state index contributed by atoms with van der Waals surface area (Å²) in [5.74, 6) is 1.93. The van der Waals surface area contributed by atoms with Crippen LogP contribution in [0.25, 0.3) is 0 Å². The second-order valence-corrected chi connectivity index (χ2v) is 5.56. The largest absolute Gasteiger partial charge is 0.496 e. The molecule has 2 heterocycles. The Bertz CT molecular complexity index is 877. The molecule has 1 amide bonds. The fraction of sp³-hybridized carbons (Fsp3) is 0.222. The maximum absolute atomic E-state index is 12.1. The minimum Gasteiger partial charge on any atom is -0.496 e. The molecular weight excluding hydrogens is 334 g/mol. The van der Waals surface area contributed by atoms with E-state index in [1.807, 2.05) is 24.3 Å². The number of aromatic nitrogens is 3. The molecule has 0 aliphatic rings. The van der Waals surface area contributed by atoms with E-state index >= 15 is 0 Å². The molecule has 0 saturated carbocycles. The molecule has 0 bridgehead atoms. The molecule has 1 aromatic carbocycles. The van der Waals surface area contributed by atoms with Crippen LogP contribution < -0.4 is 15.4 Å². The quantitative estimate of drug-likeness (QED) is 0.673. The predicted molar refractivity (Wildman–Crippen MR) is 96.4 cm³/mol. The van der Waals surface area contributed by atoms with Crippen LogP contribution in [0.15, 0.2) is 47.2 Å². The summed E-state index contributed by atoms with van der Waals surface area (Å²) in [5, 5.41) is 9.46. The molecule has 0 radical (unpaired) electrons. The van der Waals surface area contributed by atoms with Gasteiger partial charge in [0.05, 0.1) is 12.7 Å². The summed E-state index contributed by atoms with van der Waals surface area (Å²) < 4.78 is 10.2. The van der Waals surface area contributed by atoms with Gasteiger partial charge in [-0.05, 0) is 25.0 Å². The summed E-state index contributed by atoms with van der Waals surface area (Å²) >= 11 is 0. The van der Waals surface area contributed by atoms with E-state index in [1.54, 1.807) is 20.1 Å². The molecule has 0 aliphatic carbocycles. The molecule has 0 atom stereocenters. The van der Waals surface area contributed by atoms with Gasteiger partial charge in [0.15, 0.2) is 5.82 Å². The molecule has 0 fully saturated rings. The van der Waals surface area contributed by atoms with E-state index in [2.05, 4.69) is 25.8 Å². The van der Waals surface area contributed by atoms with Crippen LogP contribution in [0.4, 0.5) is 11.8 Å². The van der Waals surface area contributed by atoms with Gasteiger partial charge in [0.2, 0.25) is 5.95 Å². The lowest BCUT2D eigenvalue weighted by Crippen LogP contribution is -2.14. The van der Waals surface area contributed by atoms with Gasteiger partial charge in [0.1, 0.15) is 11.5 Å². The van der Waals surface area contributed by atoms with Crippen molar-refractivity contribution in [2.75, 3.05) is 24.3 Å². The SMILES string of the molecule is COc1ccccc1CCNc1ncc(C(=O)Nc2cc(C)on2)cn1. The normalized spacial score (nSPS) is 10.4. The number of benzene rings is 1. The molecule has 8 nitrogen and oxygen atoms in total. The number of methoxy groups -OCH3 is 1. The van der Waals surface area contributed by atoms with Crippen molar-refractivity contribution in [3.63, 3.8) is 0 Å². The second kappa shape index (κ2) is 8.11. The number of hydrogen-bond donors (Lipinski definition) is 2. The Kier molecular flexibility index (Phi) is 5.43. The van der Waals surface area contributed by atoms with Gasteiger partial charge in [-0.1, -0.05) is 23.4 Å². The van der Waals surface area contributed by atoms with Gasteiger partial charge in [-0.3, -0.25) is 4.79 Å². The van der Waals surface area contributed by atoms with E-state index in [1.165, 1.54) is 12.4 Å². The van der Waals surface area contributed by atoms with Crippen molar-refractivity contribution >= 4 is 17.7 Å². The Morgan fingerprint density at radius 1 is 1.23 bits per heavy atom. The maximum Gasteiger partial charge on any atom is 0.260 e. The zero-order chi connectivity index (χ0) is 18.4. The zero-order valence-electron chi connectivity index (χ0n) is 14.5. The van der Waals surface area contributed by atoms with Crippen molar-refractivity contribution in [2.24, 2.45) is 0 Å². The average molecular weight is 353 g/mol. The standard InChI is InChI=1S/C18H19N5O3/c1-12-9-16(23-26-12)22-17(24)14-10-20-18(21-11-14)19-8-7-13-5-3-4-6-15(13)25-2/h3-6,9-11H,7-8H2,1-2H3,(H,19,20,21)(H,22,23,24). The molecule has 0 aliphatic heterocycles. The van der Waals surface area contributed by atoms with E-state index in [-0.39, 0.29) is 5.91 Å². The number of carbonyl (C=O) groups is 1. The van der Waals surface area contributed by atoms with E-state index in [0.29, 0.717) is 29.6 Å². The average Bonchev–Trinajstić information content (AvgIpc) is 3.07. The lowest BCUT2D eigenvalue weighted by Gasteiger charge is -2.09. The Morgan fingerprint density at radius 2 is 2.00 bits per heavy atom. The third-order valence-corrected chi connectivity index (χ3v) is 3.65. The van der Waals surface area contributed by atoms with Crippen LogP contribution in [0.3, 0.4) is 0 Å². The molecule has 0 spiro atoms. The topological polar surface area (TPSA) is 102 Å². The molecule has 0 unspecified atom stereocenters. The van der Waals surface area contributed by atoms with Crippen molar-refractivity contribution in [1.29, 1.82) is 0 Å².